The minimum Gasteiger partial charge on any atom is -0.376 e. The molecule has 1 atom stereocenters. The molecule has 0 bridgehead atoms. The quantitative estimate of drug-likeness (QED) is 0.749. The molecular weight excluding hydrogens is 340 g/mol. The van der Waals surface area contributed by atoms with Gasteiger partial charge in [0.15, 0.2) is 0 Å². The topological polar surface area (TPSA) is 67.4 Å². The fourth-order valence-electron chi connectivity index (χ4n) is 3.36. The Morgan fingerprint density at radius 3 is 2.89 bits per heavy atom. The summed E-state index contributed by atoms with van der Waals surface area (Å²) in [5, 5.41) is 4.02. The fraction of sp³-hybridized carbons (Fsp3) is 0.286. The molecule has 27 heavy (non-hydrogen) atoms. The van der Waals surface area contributed by atoms with Crippen molar-refractivity contribution in [2.24, 2.45) is 0 Å². The second-order valence-corrected chi connectivity index (χ2v) is 6.69. The average Bonchev–Trinajstić information content (AvgIpc) is 3.22. The van der Waals surface area contributed by atoms with E-state index in [0.29, 0.717) is 18.8 Å². The van der Waals surface area contributed by atoms with E-state index >= 15 is 0 Å². The molecule has 6 nitrogen and oxygen atoms in total. The van der Waals surface area contributed by atoms with Gasteiger partial charge in [-0.3, -0.25) is 9.97 Å². The van der Waals surface area contributed by atoms with Crippen molar-refractivity contribution in [3.8, 4) is 0 Å². The summed E-state index contributed by atoms with van der Waals surface area (Å²) >= 11 is 0. The molecule has 1 N–H and O–H groups in total. The van der Waals surface area contributed by atoms with Crippen molar-refractivity contribution in [1.29, 1.82) is 0 Å². The highest BCUT2D eigenvalue weighted by atomic mass is 16.5. The molecule has 1 aromatic carbocycles. The molecule has 0 radical (unpaired) electrons. The van der Waals surface area contributed by atoms with E-state index in [4.69, 9.17) is 4.74 Å². The van der Waals surface area contributed by atoms with E-state index in [2.05, 4.69) is 15.3 Å². The molecule has 2 amide bonds. The molecule has 1 aliphatic rings. The van der Waals surface area contributed by atoms with Crippen molar-refractivity contribution in [3.05, 3.63) is 66.6 Å². The number of ether oxygens (including phenoxy) is 1. The number of carbonyl (C=O) groups is 1. The Morgan fingerprint density at radius 2 is 2.07 bits per heavy atom. The monoisotopic (exact) mass is 362 g/mol. The van der Waals surface area contributed by atoms with Gasteiger partial charge in [-0.2, -0.15) is 0 Å². The highest BCUT2D eigenvalue weighted by Crippen LogP contribution is 2.22. The van der Waals surface area contributed by atoms with Gasteiger partial charge < -0.3 is 15.0 Å². The number of nitrogens with zero attached hydrogens (tertiary/aromatic N) is 3. The number of aromatic nitrogens is 2. The van der Waals surface area contributed by atoms with E-state index in [-0.39, 0.29) is 12.1 Å². The van der Waals surface area contributed by atoms with Crippen LogP contribution < -0.4 is 5.32 Å². The van der Waals surface area contributed by atoms with Gasteiger partial charge in [-0.1, -0.05) is 24.3 Å². The molecule has 0 saturated carbocycles. The molecule has 1 saturated heterocycles. The second kappa shape index (κ2) is 8.14. The Balaban J connectivity index is 1.55. The number of rotatable bonds is 5. The fourth-order valence-corrected chi connectivity index (χ4v) is 3.36. The summed E-state index contributed by atoms with van der Waals surface area (Å²) in [4.78, 5) is 23.4. The van der Waals surface area contributed by atoms with Gasteiger partial charge in [0.05, 0.1) is 17.3 Å². The van der Waals surface area contributed by atoms with Crippen molar-refractivity contribution in [3.63, 3.8) is 0 Å². The van der Waals surface area contributed by atoms with E-state index in [1.807, 2.05) is 42.5 Å². The zero-order chi connectivity index (χ0) is 18.5. The van der Waals surface area contributed by atoms with Crippen molar-refractivity contribution in [1.82, 2.24) is 14.9 Å². The van der Waals surface area contributed by atoms with Gasteiger partial charge in [0.1, 0.15) is 0 Å². The summed E-state index contributed by atoms with van der Waals surface area (Å²) in [5.41, 5.74) is 2.48. The third-order valence-corrected chi connectivity index (χ3v) is 4.71. The van der Waals surface area contributed by atoms with Gasteiger partial charge in [-0.05, 0) is 36.6 Å². The third-order valence-electron chi connectivity index (χ3n) is 4.71. The molecule has 3 aromatic rings. The Kier molecular flexibility index (Phi) is 5.25. The number of amides is 2. The van der Waals surface area contributed by atoms with E-state index in [1.54, 1.807) is 23.5 Å². The highest BCUT2D eigenvalue weighted by molar-refractivity contribution is 5.99. The van der Waals surface area contributed by atoms with Crippen LogP contribution in [-0.4, -0.2) is 40.2 Å². The molecule has 0 unspecified atom stereocenters. The number of nitrogens with one attached hydrogen (secondary N) is 1. The van der Waals surface area contributed by atoms with Crippen molar-refractivity contribution >= 4 is 22.6 Å². The summed E-state index contributed by atoms with van der Waals surface area (Å²) < 4.78 is 5.74. The lowest BCUT2D eigenvalue weighted by Gasteiger charge is -2.26. The maximum Gasteiger partial charge on any atom is 0.322 e. The van der Waals surface area contributed by atoms with Gasteiger partial charge in [0.2, 0.25) is 0 Å². The Labute approximate surface area is 158 Å². The summed E-state index contributed by atoms with van der Waals surface area (Å²) in [7, 11) is 0. The number of hydrogen-bond donors (Lipinski definition) is 1. The molecule has 2 aromatic heterocycles. The number of benzene rings is 1. The SMILES string of the molecule is O=C(Nc1cccc2cccnc12)N(Cc1cccnc1)C[C@H]1CCCO1. The maximum absolute atomic E-state index is 13.1. The number of urea groups is 1. The lowest BCUT2D eigenvalue weighted by atomic mass is 10.2. The van der Waals surface area contributed by atoms with Gasteiger partial charge in [-0.15, -0.1) is 0 Å². The molecule has 0 aliphatic carbocycles. The van der Waals surface area contributed by atoms with Crippen molar-refractivity contribution < 1.29 is 9.53 Å². The first-order valence-electron chi connectivity index (χ1n) is 9.20. The number of pyridine rings is 2. The minimum atomic E-state index is -0.160. The Hall–Kier alpha value is -2.99. The standard InChI is InChI=1S/C21H22N4O2/c26-21(24-19-9-1-6-17-7-3-11-23-20(17)19)25(15-18-8-4-12-27-18)14-16-5-2-10-22-13-16/h1-3,5-7,9-11,13,18H,4,8,12,14-15H2,(H,24,26)/t18-/m1/s1. The molecular formula is C21H22N4O2. The maximum atomic E-state index is 13.1. The first kappa shape index (κ1) is 17.4. The molecule has 1 aliphatic heterocycles. The van der Waals surface area contributed by atoms with Crippen LogP contribution in [0.15, 0.2) is 61.1 Å². The molecule has 138 valence electrons. The average molecular weight is 362 g/mol. The van der Waals surface area contributed by atoms with Crippen LogP contribution in [0.4, 0.5) is 10.5 Å². The highest BCUT2D eigenvalue weighted by Gasteiger charge is 2.23. The number of anilines is 1. The predicted octanol–water partition coefficient (Wildman–Crippen LogP) is 3.84. The van der Waals surface area contributed by atoms with Crippen LogP contribution in [0.25, 0.3) is 10.9 Å². The lowest BCUT2D eigenvalue weighted by molar-refractivity contribution is 0.0819. The van der Waals surface area contributed by atoms with Gasteiger partial charge in [0.25, 0.3) is 0 Å². The number of hydrogen-bond acceptors (Lipinski definition) is 4. The molecule has 3 heterocycles. The molecule has 1 fully saturated rings. The predicted molar refractivity (Wildman–Crippen MR) is 104 cm³/mol. The summed E-state index contributed by atoms with van der Waals surface area (Å²) in [5.74, 6) is 0. The first-order valence-corrected chi connectivity index (χ1v) is 9.20. The first-order chi connectivity index (χ1) is 13.3. The Morgan fingerprint density at radius 1 is 1.19 bits per heavy atom. The summed E-state index contributed by atoms with van der Waals surface area (Å²) in [6.45, 7) is 1.80. The van der Waals surface area contributed by atoms with Crippen LogP contribution >= 0.6 is 0 Å². The van der Waals surface area contributed by atoms with E-state index in [1.165, 1.54) is 0 Å². The van der Waals surface area contributed by atoms with Crippen LogP contribution in [0.3, 0.4) is 0 Å². The van der Waals surface area contributed by atoms with E-state index < -0.39 is 0 Å². The van der Waals surface area contributed by atoms with Crippen molar-refractivity contribution in [2.75, 3.05) is 18.5 Å². The molecule has 4 rings (SSSR count). The summed E-state index contributed by atoms with van der Waals surface area (Å²) in [6, 6.07) is 13.4. The molecule has 6 heteroatoms. The smallest absolute Gasteiger partial charge is 0.322 e. The third kappa shape index (κ3) is 4.23. The Bertz CT molecular complexity index is 905. The van der Waals surface area contributed by atoms with E-state index in [0.717, 1.165) is 35.9 Å². The number of carbonyl (C=O) groups excluding carboxylic acids is 1. The number of fused-ring (bicyclic) bond motifs is 1. The van der Waals surface area contributed by atoms with Gasteiger partial charge >= 0.3 is 6.03 Å². The van der Waals surface area contributed by atoms with Crippen LogP contribution in [0.2, 0.25) is 0 Å². The van der Waals surface area contributed by atoms with Crippen LogP contribution in [0, 0.1) is 0 Å². The number of para-hydroxylation sites is 1. The van der Waals surface area contributed by atoms with Crippen LogP contribution in [0.5, 0.6) is 0 Å². The van der Waals surface area contributed by atoms with E-state index in [9.17, 15) is 4.79 Å². The normalized spacial score (nSPS) is 16.4. The molecule has 0 spiro atoms. The lowest BCUT2D eigenvalue weighted by Crippen LogP contribution is -2.39. The second-order valence-electron chi connectivity index (χ2n) is 6.69. The zero-order valence-electron chi connectivity index (χ0n) is 15.0. The largest absolute Gasteiger partial charge is 0.376 e. The minimum absolute atomic E-state index is 0.0815. The van der Waals surface area contributed by atoms with Gasteiger partial charge in [0, 0.05) is 43.7 Å². The van der Waals surface area contributed by atoms with Crippen LogP contribution in [-0.2, 0) is 11.3 Å². The van der Waals surface area contributed by atoms with Crippen molar-refractivity contribution in [2.45, 2.75) is 25.5 Å². The van der Waals surface area contributed by atoms with Gasteiger partial charge in [-0.25, -0.2) is 4.79 Å². The summed E-state index contributed by atoms with van der Waals surface area (Å²) in [6.07, 6.45) is 7.36. The van der Waals surface area contributed by atoms with Crippen LogP contribution in [0.1, 0.15) is 18.4 Å². The zero-order valence-corrected chi connectivity index (χ0v) is 15.0.